The molecule has 0 saturated carbocycles. The Hall–Kier alpha value is -0.543. The minimum Gasteiger partial charge on any atom is -0.293 e. The van der Waals surface area contributed by atoms with E-state index in [-0.39, 0.29) is 0 Å². The molecule has 3 heteroatoms. The van der Waals surface area contributed by atoms with Crippen LogP contribution >= 0.6 is 11.2 Å². The number of unbranched alkanes of at least 4 members (excludes halogenated alkanes) is 2. The highest BCUT2D eigenvalue weighted by Gasteiger charge is 2.12. The Morgan fingerprint density at radius 3 is 2.44 bits per heavy atom. The summed E-state index contributed by atoms with van der Waals surface area (Å²) in [5, 5.41) is 0. The van der Waals surface area contributed by atoms with Gasteiger partial charge in [-0.1, -0.05) is 56.4 Å². The average molecular weight is 280 g/mol. The average Bonchev–Trinajstić information content (AvgIpc) is 2.32. The minimum absolute atomic E-state index is 0.890. The summed E-state index contributed by atoms with van der Waals surface area (Å²) >= 11 is 2.19. The Kier molecular flexibility index (Phi) is 7.36. The van der Waals surface area contributed by atoms with Crippen LogP contribution in [0.4, 0.5) is 0 Å². The fourth-order valence-corrected chi connectivity index (χ4v) is 4.80. The zero-order valence-corrected chi connectivity index (χ0v) is 13.7. The summed E-state index contributed by atoms with van der Waals surface area (Å²) in [5.74, 6) is 1.33. The summed E-state index contributed by atoms with van der Waals surface area (Å²) in [4.78, 5) is 4.46. The number of rotatable bonds is 8. The van der Waals surface area contributed by atoms with E-state index in [1.807, 2.05) is 12.3 Å². The van der Waals surface area contributed by atoms with E-state index in [2.05, 4.69) is 60.1 Å². The number of hydrogen-bond acceptors (Lipinski definition) is 2. The Morgan fingerprint density at radius 2 is 1.78 bits per heavy atom. The van der Waals surface area contributed by atoms with Gasteiger partial charge in [0.1, 0.15) is 7.22 Å². The highest BCUT2D eigenvalue weighted by molar-refractivity contribution is 8.28. The first-order valence-corrected chi connectivity index (χ1v) is 12.0. The Morgan fingerprint density at radius 1 is 1.06 bits per heavy atom. The molecule has 0 heterocycles. The molecule has 0 bridgehead atoms. The van der Waals surface area contributed by atoms with Gasteiger partial charge in [0.2, 0.25) is 0 Å². The molecule has 1 aromatic rings. The van der Waals surface area contributed by atoms with Crippen molar-refractivity contribution in [1.82, 2.24) is 0 Å². The summed E-state index contributed by atoms with van der Waals surface area (Å²) in [5.41, 5.74) is 1.20. The molecular formula is C15H25NSSi. The molecule has 0 N–H and O–H groups in total. The van der Waals surface area contributed by atoms with Crippen LogP contribution in [0, 0.1) is 0 Å². The van der Waals surface area contributed by atoms with Crippen LogP contribution in [-0.4, -0.2) is 25.7 Å². The van der Waals surface area contributed by atoms with Crippen LogP contribution in [0.5, 0.6) is 0 Å². The third-order valence-corrected chi connectivity index (χ3v) is 7.08. The Bertz CT molecular complexity index is 343. The number of benzene rings is 1. The molecule has 0 spiro atoms. The predicted octanol–water partition coefficient (Wildman–Crippen LogP) is 4.84. The second-order valence-corrected chi connectivity index (χ2v) is 14.9. The molecule has 0 atom stereocenters. The molecule has 0 aliphatic rings. The fraction of sp³-hybridized carbons (Fsp3) is 0.533. The van der Waals surface area contributed by atoms with E-state index in [0.717, 1.165) is 6.54 Å². The summed E-state index contributed by atoms with van der Waals surface area (Å²) in [6, 6.07) is 10.3. The third-order valence-electron chi connectivity index (χ3n) is 2.51. The van der Waals surface area contributed by atoms with Crippen molar-refractivity contribution in [3.05, 3.63) is 35.9 Å². The number of nitrogens with zero attached hydrogens (tertiary/aromatic N) is 1. The zero-order chi connectivity index (χ0) is 13.3. The van der Waals surface area contributed by atoms with Crippen LogP contribution in [0.25, 0.3) is 0 Å². The second-order valence-electron chi connectivity index (χ2n) is 5.47. The topological polar surface area (TPSA) is 12.4 Å². The normalized spacial score (nSPS) is 12.2. The largest absolute Gasteiger partial charge is 0.293 e. The third kappa shape index (κ3) is 8.53. The van der Waals surface area contributed by atoms with E-state index in [9.17, 15) is 0 Å². The van der Waals surface area contributed by atoms with Crippen molar-refractivity contribution in [3.8, 4) is 0 Å². The maximum atomic E-state index is 4.46. The molecule has 1 nitrogen and oxygen atoms in total. The molecule has 0 aromatic heterocycles. The van der Waals surface area contributed by atoms with Gasteiger partial charge in [-0.3, -0.25) is 4.99 Å². The quantitative estimate of drug-likeness (QED) is 0.377. The van der Waals surface area contributed by atoms with Crippen LogP contribution in [0.3, 0.4) is 0 Å². The van der Waals surface area contributed by atoms with Crippen molar-refractivity contribution < 1.29 is 0 Å². The smallest absolute Gasteiger partial charge is 0.108 e. The van der Waals surface area contributed by atoms with Gasteiger partial charge in [0.15, 0.2) is 0 Å². The lowest BCUT2D eigenvalue weighted by molar-refractivity contribution is 0.735. The second kappa shape index (κ2) is 8.54. The van der Waals surface area contributed by atoms with Crippen molar-refractivity contribution in [2.45, 2.75) is 38.9 Å². The molecule has 0 saturated heterocycles. The summed E-state index contributed by atoms with van der Waals surface area (Å²) < 4.78 is 0. The van der Waals surface area contributed by atoms with Crippen molar-refractivity contribution in [2.24, 2.45) is 4.99 Å². The first kappa shape index (κ1) is 15.5. The van der Waals surface area contributed by atoms with Gasteiger partial charge in [-0.25, -0.2) is 0 Å². The predicted molar refractivity (Wildman–Crippen MR) is 88.6 cm³/mol. The van der Waals surface area contributed by atoms with Gasteiger partial charge in [-0.2, -0.15) is 11.2 Å². The molecule has 0 unspecified atom stereocenters. The van der Waals surface area contributed by atoms with Crippen LogP contribution in [0.15, 0.2) is 35.3 Å². The van der Waals surface area contributed by atoms with Crippen LogP contribution in [-0.2, 0) is 0 Å². The monoisotopic (exact) mass is 279 g/mol. The molecule has 1 aromatic carbocycles. The van der Waals surface area contributed by atoms with Gasteiger partial charge in [0.05, 0.1) is 0 Å². The van der Waals surface area contributed by atoms with Gasteiger partial charge in [-0.15, -0.1) is 0 Å². The van der Waals surface area contributed by atoms with Crippen LogP contribution < -0.4 is 0 Å². The van der Waals surface area contributed by atoms with E-state index in [1.165, 1.54) is 30.6 Å². The Balaban J connectivity index is 2.01. The first-order chi connectivity index (χ1) is 8.58. The van der Waals surface area contributed by atoms with Gasteiger partial charge in [-0.05, 0) is 24.2 Å². The molecular weight excluding hydrogens is 254 g/mol. The Labute approximate surface area is 117 Å². The summed E-state index contributed by atoms with van der Waals surface area (Å²) in [6.07, 6.45) is 5.85. The highest BCUT2D eigenvalue weighted by atomic mass is 32.4. The van der Waals surface area contributed by atoms with Crippen molar-refractivity contribution >= 4 is 24.6 Å². The number of hydrogen-bond donors (Lipinski definition) is 0. The standard InChI is InChI=1S/C15H25NSSi/c1-18(2,3)17-13-9-5-8-12-16-14-15-10-6-4-7-11-15/h4,6-7,10-11,14H,5,8-9,12-13H2,1-3H3. The summed E-state index contributed by atoms with van der Waals surface area (Å²) in [7, 11) is -0.890. The fourth-order valence-electron chi connectivity index (χ4n) is 1.57. The molecule has 100 valence electrons. The molecule has 0 radical (unpaired) electrons. The molecule has 0 fully saturated rings. The molecule has 18 heavy (non-hydrogen) atoms. The van der Waals surface area contributed by atoms with E-state index < -0.39 is 7.22 Å². The van der Waals surface area contributed by atoms with E-state index >= 15 is 0 Å². The van der Waals surface area contributed by atoms with Crippen LogP contribution in [0.2, 0.25) is 19.6 Å². The lowest BCUT2D eigenvalue weighted by atomic mass is 10.2. The number of aliphatic imine (C=N–C) groups is 1. The SMILES string of the molecule is C[Si](C)(C)SCCCCCN=Cc1ccccc1. The van der Waals surface area contributed by atoms with Crippen molar-refractivity contribution in [1.29, 1.82) is 0 Å². The maximum Gasteiger partial charge on any atom is 0.108 e. The van der Waals surface area contributed by atoms with Crippen LogP contribution in [0.1, 0.15) is 24.8 Å². The summed E-state index contributed by atoms with van der Waals surface area (Å²) in [6.45, 7) is 8.22. The highest BCUT2D eigenvalue weighted by Crippen LogP contribution is 2.20. The molecule has 0 aliphatic heterocycles. The maximum absolute atomic E-state index is 4.46. The first-order valence-electron chi connectivity index (χ1n) is 6.77. The van der Waals surface area contributed by atoms with E-state index in [0.29, 0.717) is 0 Å². The lowest BCUT2D eigenvalue weighted by Crippen LogP contribution is -2.14. The van der Waals surface area contributed by atoms with Gasteiger partial charge >= 0.3 is 0 Å². The van der Waals surface area contributed by atoms with Gasteiger partial charge in [0, 0.05) is 12.8 Å². The van der Waals surface area contributed by atoms with Gasteiger partial charge in [0.25, 0.3) is 0 Å². The van der Waals surface area contributed by atoms with Gasteiger partial charge < -0.3 is 0 Å². The van der Waals surface area contributed by atoms with Crippen molar-refractivity contribution in [3.63, 3.8) is 0 Å². The molecule has 1 rings (SSSR count). The molecule has 0 aliphatic carbocycles. The minimum atomic E-state index is -0.890. The zero-order valence-electron chi connectivity index (χ0n) is 11.9. The van der Waals surface area contributed by atoms with Crippen molar-refractivity contribution in [2.75, 3.05) is 12.3 Å². The van der Waals surface area contributed by atoms with E-state index in [4.69, 9.17) is 0 Å². The van der Waals surface area contributed by atoms with E-state index in [1.54, 1.807) is 0 Å². The molecule has 0 amide bonds. The lowest BCUT2D eigenvalue weighted by Gasteiger charge is -2.14.